The van der Waals surface area contributed by atoms with Gasteiger partial charge in [-0.05, 0) is 38.1 Å². The van der Waals surface area contributed by atoms with E-state index in [0.717, 1.165) is 16.4 Å². The summed E-state index contributed by atoms with van der Waals surface area (Å²) in [7, 11) is -3.90. The number of nitrogens with one attached hydrogen (secondary N) is 1. The molecule has 2 rings (SSSR count). The molecule has 0 bridgehead atoms. The molecule has 0 atom stereocenters. The van der Waals surface area contributed by atoms with Crippen molar-refractivity contribution in [1.29, 1.82) is 0 Å². The topological polar surface area (TPSA) is 79.4 Å². The number of rotatable bonds is 6. The van der Waals surface area contributed by atoms with Gasteiger partial charge in [-0.25, -0.2) is 17.8 Å². The summed E-state index contributed by atoms with van der Waals surface area (Å²) in [4.78, 5) is 15.9. The molecule has 1 aromatic carbocycles. The smallest absolute Gasteiger partial charge is 0.243 e. The summed E-state index contributed by atoms with van der Waals surface area (Å²) in [5, 5.41) is 4.64. The van der Waals surface area contributed by atoms with Crippen molar-refractivity contribution in [2.24, 2.45) is 0 Å². The number of thiazole rings is 1. The molecule has 0 saturated heterocycles. The number of benzene rings is 1. The third-order valence-corrected chi connectivity index (χ3v) is 5.70. The summed E-state index contributed by atoms with van der Waals surface area (Å²) in [6.07, 6.45) is 1.54. The molecule has 1 amide bonds. The fourth-order valence-electron chi connectivity index (χ4n) is 1.87. The second-order valence-corrected chi connectivity index (χ2v) is 7.77. The van der Waals surface area contributed by atoms with Crippen LogP contribution >= 0.6 is 11.3 Å². The van der Waals surface area contributed by atoms with Crippen molar-refractivity contribution in [2.75, 3.05) is 11.9 Å². The highest BCUT2D eigenvalue weighted by Gasteiger charge is 2.29. The Kier molecular flexibility index (Phi) is 5.45. The van der Waals surface area contributed by atoms with Gasteiger partial charge in [0.1, 0.15) is 5.82 Å². The van der Waals surface area contributed by atoms with Gasteiger partial charge in [-0.15, -0.1) is 11.3 Å². The highest BCUT2D eigenvalue weighted by atomic mass is 32.2. The average molecular weight is 357 g/mol. The lowest BCUT2D eigenvalue weighted by atomic mass is 10.3. The number of aromatic nitrogens is 1. The standard InChI is InChI=1S/C14H16FN3O3S2/c1-10(2)18(9-13(19)17-14-16-7-8-22-14)23(20,21)12-5-3-11(15)4-6-12/h3-8,10H,9H2,1-2H3,(H,16,17,19). The van der Waals surface area contributed by atoms with Crippen LogP contribution in [0.2, 0.25) is 0 Å². The molecule has 1 heterocycles. The van der Waals surface area contributed by atoms with E-state index in [-0.39, 0.29) is 11.4 Å². The van der Waals surface area contributed by atoms with Crippen LogP contribution in [0.25, 0.3) is 0 Å². The molecule has 1 N–H and O–H groups in total. The normalized spacial score (nSPS) is 11.9. The maximum atomic E-state index is 13.0. The van der Waals surface area contributed by atoms with Crippen LogP contribution < -0.4 is 5.32 Å². The van der Waals surface area contributed by atoms with Crippen molar-refractivity contribution in [3.63, 3.8) is 0 Å². The van der Waals surface area contributed by atoms with Crippen molar-refractivity contribution >= 4 is 32.4 Å². The largest absolute Gasteiger partial charge is 0.301 e. The van der Waals surface area contributed by atoms with E-state index in [2.05, 4.69) is 10.3 Å². The highest BCUT2D eigenvalue weighted by molar-refractivity contribution is 7.89. The second-order valence-electron chi connectivity index (χ2n) is 4.98. The van der Waals surface area contributed by atoms with Gasteiger partial charge in [-0.1, -0.05) is 0 Å². The second kappa shape index (κ2) is 7.16. The molecule has 0 radical (unpaired) electrons. The molecule has 0 spiro atoms. The van der Waals surface area contributed by atoms with Gasteiger partial charge in [0.25, 0.3) is 0 Å². The van der Waals surface area contributed by atoms with Crippen LogP contribution in [-0.2, 0) is 14.8 Å². The van der Waals surface area contributed by atoms with E-state index >= 15 is 0 Å². The molecule has 2 aromatic rings. The number of anilines is 1. The minimum absolute atomic E-state index is 0.0605. The number of carbonyl (C=O) groups is 1. The molecule has 23 heavy (non-hydrogen) atoms. The predicted octanol–water partition coefficient (Wildman–Crippen LogP) is 2.32. The van der Waals surface area contributed by atoms with Crippen LogP contribution in [-0.4, -0.2) is 36.2 Å². The van der Waals surface area contributed by atoms with Crippen LogP contribution in [0.1, 0.15) is 13.8 Å². The summed E-state index contributed by atoms with van der Waals surface area (Å²) < 4.78 is 39.3. The lowest BCUT2D eigenvalue weighted by Gasteiger charge is -2.25. The molecule has 0 aliphatic rings. The molecule has 1 aromatic heterocycles. The lowest BCUT2D eigenvalue weighted by molar-refractivity contribution is -0.116. The first-order chi connectivity index (χ1) is 10.8. The fraction of sp³-hybridized carbons (Fsp3) is 0.286. The number of nitrogens with zero attached hydrogens (tertiary/aromatic N) is 2. The fourth-order valence-corrected chi connectivity index (χ4v) is 4.01. The van der Waals surface area contributed by atoms with Crippen LogP contribution in [0.5, 0.6) is 0 Å². The quantitative estimate of drug-likeness (QED) is 0.860. The summed E-state index contributed by atoms with van der Waals surface area (Å²) in [5.74, 6) is -1.01. The minimum atomic E-state index is -3.90. The minimum Gasteiger partial charge on any atom is -0.301 e. The first kappa shape index (κ1) is 17.5. The third-order valence-electron chi connectivity index (χ3n) is 2.97. The van der Waals surface area contributed by atoms with Crippen molar-refractivity contribution in [1.82, 2.24) is 9.29 Å². The van der Waals surface area contributed by atoms with E-state index in [1.54, 1.807) is 19.2 Å². The van der Waals surface area contributed by atoms with Crippen molar-refractivity contribution in [2.45, 2.75) is 24.8 Å². The van der Waals surface area contributed by atoms with E-state index in [9.17, 15) is 17.6 Å². The number of hydrogen-bond acceptors (Lipinski definition) is 5. The number of sulfonamides is 1. The summed E-state index contributed by atoms with van der Waals surface area (Å²) in [6, 6.07) is 4.06. The molecule has 0 unspecified atom stereocenters. The molecular formula is C14H16FN3O3S2. The van der Waals surface area contributed by atoms with E-state index in [4.69, 9.17) is 0 Å². The number of carbonyl (C=O) groups excluding carboxylic acids is 1. The SMILES string of the molecule is CC(C)N(CC(=O)Nc1nccs1)S(=O)(=O)c1ccc(F)cc1. The molecular weight excluding hydrogens is 341 g/mol. The Labute approximate surface area is 138 Å². The number of halogens is 1. The van der Waals surface area contributed by atoms with Gasteiger partial charge in [0.15, 0.2) is 5.13 Å². The Hall–Kier alpha value is -1.84. The van der Waals surface area contributed by atoms with Crippen LogP contribution in [0.3, 0.4) is 0 Å². The van der Waals surface area contributed by atoms with Gasteiger partial charge < -0.3 is 5.32 Å². The zero-order chi connectivity index (χ0) is 17.0. The Morgan fingerprint density at radius 3 is 2.52 bits per heavy atom. The maximum Gasteiger partial charge on any atom is 0.243 e. The summed E-state index contributed by atoms with van der Waals surface area (Å²) in [6.45, 7) is 2.98. The Morgan fingerprint density at radius 2 is 2.00 bits per heavy atom. The van der Waals surface area contributed by atoms with Crippen molar-refractivity contribution in [3.05, 3.63) is 41.7 Å². The van der Waals surface area contributed by atoms with Crippen LogP contribution in [0.15, 0.2) is 40.7 Å². The molecule has 124 valence electrons. The molecule has 6 nitrogen and oxygen atoms in total. The van der Waals surface area contributed by atoms with Gasteiger partial charge in [0.2, 0.25) is 15.9 Å². The van der Waals surface area contributed by atoms with Gasteiger partial charge in [-0.3, -0.25) is 4.79 Å². The Morgan fingerprint density at radius 1 is 1.35 bits per heavy atom. The highest BCUT2D eigenvalue weighted by Crippen LogP contribution is 2.19. The first-order valence-electron chi connectivity index (χ1n) is 6.77. The predicted molar refractivity (Wildman–Crippen MR) is 86.2 cm³/mol. The van der Waals surface area contributed by atoms with E-state index in [0.29, 0.717) is 5.13 Å². The van der Waals surface area contributed by atoms with Gasteiger partial charge >= 0.3 is 0 Å². The van der Waals surface area contributed by atoms with E-state index in [1.165, 1.54) is 29.7 Å². The Balaban J connectivity index is 2.20. The molecule has 0 saturated carbocycles. The maximum absolute atomic E-state index is 13.0. The van der Waals surface area contributed by atoms with Gasteiger partial charge in [0, 0.05) is 17.6 Å². The summed E-state index contributed by atoms with van der Waals surface area (Å²) in [5.41, 5.74) is 0. The number of amides is 1. The van der Waals surface area contributed by atoms with Crippen molar-refractivity contribution in [3.8, 4) is 0 Å². The molecule has 0 aliphatic heterocycles. The monoisotopic (exact) mass is 357 g/mol. The molecule has 9 heteroatoms. The average Bonchev–Trinajstić information content (AvgIpc) is 2.97. The van der Waals surface area contributed by atoms with E-state index < -0.39 is 27.8 Å². The molecule has 0 aliphatic carbocycles. The van der Waals surface area contributed by atoms with Crippen LogP contribution in [0, 0.1) is 5.82 Å². The molecule has 0 fully saturated rings. The van der Waals surface area contributed by atoms with Gasteiger partial charge in [-0.2, -0.15) is 4.31 Å². The first-order valence-corrected chi connectivity index (χ1v) is 9.09. The lowest BCUT2D eigenvalue weighted by Crippen LogP contribution is -2.42. The number of hydrogen-bond donors (Lipinski definition) is 1. The zero-order valence-electron chi connectivity index (χ0n) is 12.6. The van der Waals surface area contributed by atoms with Crippen molar-refractivity contribution < 1.29 is 17.6 Å². The van der Waals surface area contributed by atoms with Crippen LogP contribution in [0.4, 0.5) is 9.52 Å². The van der Waals surface area contributed by atoms with Gasteiger partial charge in [0.05, 0.1) is 11.4 Å². The third kappa shape index (κ3) is 4.34. The Bertz CT molecular complexity index is 759. The van der Waals surface area contributed by atoms with E-state index in [1.807, 2.05) is 0 Å². The zero-order valence-corrected chi connectivity index (χ0v) is 14.2. The summed E-state index contributed by atoms with van der Waals surface area (Å²) >= 11 is 1.24.